The van der Waals surface area contributed by atoms with Crippen LogP contribution in [0, 0.1) is 6.92 Å². The van der Waals surface area contributed by atoms with Crippen molar-refractivity contribution >= 4 is 0 Å². The molecule has 0 spiro atoms. The van der Waals surface area contributed by atoms with Crippen molar-refractivity contribution in [1.82, 2.24) is 0 Å². The zero-order valence-corrected chi connectivity index (χ0v) is 11.0. The predicted molar refractivity (Wildman–Crippen MR) is 77.1 cm³/mol. The third-order valence-electron chi connectivity index (χ3n) is 3.03. The Bertz CT molecular complexity index is 546. The van der Waals surface area contributed by atoms with Crippen LogP contribution in [-0.2, 0) is 6.61 Å². The predicted octanol–water partition coefficient (Wildman–Crippen LogP) is 3.79. The van der Waals surface area contributed by atoms with Crippen molar-refractivity contribution < 1.29 is 9.84 Å². The molecule has 0 radical (unpaired) electrons. The molecule has 2 nitrogen and oxygen atoms in total. The summed E-state index contributed by atoms with van der Waals surface area (Å²) in [6.45, 7) is 6.10. The summed E-state index contributed by atoms with van der Waals surface area (Å²) < 4.78 is 5.73. The zero-order chi connectivity index (χ0) is 13.7. The molecule has 2 heteroatoms. The van der Waals surface area contributed by atoms with Crippen molar-refractivity contribution in [2.75, 3.05) is 0 Å². The first-order chi connectivity index (χ1) is 9.20. The number of hydrogen-bond acceptors (Lipinski definition) is 2. The molecule has 2 aromatic carbocycles. The van der Waals surface area contributed by atoms with E-state index in [1.54, 1.807) is 0 Å². The van der Waals surface area contributed by atoms with Crippen LogP contribution in [-0.4, -0.2) is 5.11 Å². The summed E-state index contributed by atoms with van der Waals surface area (Å²) in [6, 6.07) is 15.7. The summed E-state index contributed by atoms with van der Waals surface area (Å²) in [6.07, 6.45) is 0.899. The van der Waals surface area contributed by atoms with Gasteiger partial charge in [0.15, 0.2) is 0 Å². The Morgan fingerprint density at radius 2 is 1.95 bits per heavy atom. The molecule has 0 saturated carbocycles. The molecule has 0 saturated heterocycles. The van der Waals surface area contributed by atoms with Crippen LogP contribution in [0.15, 0.2) is 61.2 Å². The van der Waals surface area contributed by atoms with Gasteiger partial charge in [-0.2, -0.15) is 0 Å². The van der Waals surface area contributed by atoms with E-state index in [4.69, 9.17) is 4.74 Å². The number of rotatable bonds is 5. The van der Waals surface area contributed by atoms with Crippen molar-refractivity contribution in [2.24, 2.45) is 0 Å². The number of aliphatic hydroxyl groups is 1. The maximum atomic E-state index is 9.75. The van der Waals surface area contributed by atoms with Crippen molar-refractivity contribution in [3.63, 3.8) is 0 Å². The number of aliphatic hydroxyl groups excluding tert-OH is 1. The highest BCUT2D eigenvalue weighted by Gasteiger charge is 2.07. The van der Waals surface area contributed by atoms with Crippen LogP contribution in [0.1, 0.15) is 22.8 Å². The lowest BCUT2D eigenvalue weighted by Crippen LogP contribution is -1.99. The summed E-state index contributed by atoms with van der Waals surface area (Å²) in [7, 11) is 0. The molecule has 0 aliphatic carbocycles. The molecule has 2 aromatic rings. The van der Waals surface area contributed by atoms with Gasteiger partial charge in [-0.05, 0) is 35.7 Å². The second-order valence-electron chi connectivity index (χ2n) is 4.47. The smallest absolute Gasteiger partial charge is 0.120 e. The first-order valence-corrected chi connectivity index (χ1v) is 6.28. The minimum Gasteiger partial charge on any atom is -0.489 e. The average Bonchev–Trinajstić information content (AvgIpc) is 2.45. The van der Waals surface area contributed by atoms with E-state index in [1.165, 1.54) is 6.08 Å². The molecular weight excluding hydrogens is 236 g/mol. The van der Waals surface area contributed by atoms with E-state index < -0.39 is 6.10 Å². The summed E-state index contributed by atoms with van der Waals surface area (Å²) in [5.41, 5.74) is 3.00. The fourth-order valence-electron chi connectivity index (χ4n) is 1.94. The van der Waals surface area contributed by atoms with Gasteiger partial charge in [-0.25, -0.2) is 0 Å². The van der Waals surface area contributed by atoms with Crippen molar-refractivity contribution in [2.45, 2.75) is 19.6 Å². The maximum Gasteiger partial charge on any atom is 0.120 e. The number of aryl methyl sites for hydroxylation is 1. The maximum absolute atomic E-state index is 9.75. The van der Waals surface area contributed by atoms with Crippen LogP contribution in [0.25, 0.3) is 0 Å². The Balaban J connectivity index is 2.06. The summed E-state index contributed by atoms with van der Waals surface area (Å²) in [4.78, 5) is 0. The van der Waals surface area contributed by atoms with Crippen LogP contribution in [0.5, 0.6) is 5.75 Å². The van der Waals surface area contributed by atoms with Crippen LogP contribution in [0.2, 0.25) is 0 Å². The van der Waals surface area contributed by atoms with Gasteiger partial charge in [0.2, 0.25) is 0 Å². The Morgan fingerprint density at radius 1 is 1.21 bits per heavy atom. The molecule has 0 heterocycles. The number of hydrogen-bond donors (Lipinski definition) is 1. The van der Waals surface area contributed by atoms with E-state index >= 15 is 0 Å². The Kier molecular flexibility index (Phi) is 4.37. The molecule has 1 unspecified atom stereocenters. The van der Waals surface area contributed by atoms with Crippen molar-refractivity contribution in [3.05, 3.63) is 77.9 Å². The Hall–Kier alpha value is -2.06. The zero-order valence-electron chi connectivity index (χ0n) is 11.0. The Morgan fingerprint density at radius 3 is 2.58 bits per heavy atom. The molecule has 1 N–H and O–H groups in total. The first-order valence-electron chi connectivity index (χ1n) is 6.28. The van der Waals surface area contributed by atoms with Crippen LogP contribution in [0.4, 0.5) is 0 Å². The van der Waals surface area contributed by atoms with Gasteiger partial charge in [0.05, 0.1) is 6.10 Å². The second-order valence-corrected chi connectivity index (χ2v) is 4.47. The molecular formula is C17H18O2. The molecule has 98 valence electrons. The molecule has 0 aromatic heterocycles. The van der Waals surface area contributed by atoms with Gasteiger partial charge in [0.1, 0.15) is 12.4 Å². The first kappa shape index (κ1) is 13.4. The highest BCUT2D eigenvalue weighted by Crippen LogP contribution is 2.23. The molecule has 0 aliphatic heterocycles. The molecule has 0 aliphatic rings. The average molecular weight is 254 g/mol. The minimum atomic E-state index is -0.622. The summed E-state index contributed by atoms with van der Waals surface area (Å²) >= 11 is 0. The van der Waals surface area contributed by atoms with Gasteiger partial charge < -0.3 is 9.84 Å². The monoisotopic (exact) mass is 254 g/mol. The van der Waals surface area contributed by atoms with Gasteiger partial charge >= 0.3 is 0 Å². The fourth-order valence-corrected chi connectivity index (χ4v) is 1.94. The lowest BCUT2D eigenvalue weighted by atomic mass is 10.0. The van der Waals surface area contributed by atoms with Gasteiger partial charge in [0, 0.05) is 0 Å². The van der Waals surface area contributed by atoms with Gasteiger partial charge in [-0.1, -0.05) is 42.5 Å². The molecule has 2 rings (SSSR count). The van der Waals surface area contributed by atoms with Gasteiger partial charge in [0.25, 0.3) is 0 Å². The molecule has 0 amide bonds. The lowest BCUT2D eigenvalue weighted by Gasteiger charge is -2.12. The third-order valence-corrected chi connectivity index (χ3v) is 3.03. The molecule has 0 bridgehead atoms. The van der Waals surface area contributed by atoms with E-state index in [1.807, 2.05) is 55.5 Å². The van der Waals surface area contributed by atoms with Crippen LogP contribution in [0.3, 0.4) is 0 Å². The SMILES string of the molecule is C=CC(O)c1ccc(OCc2ccccc2)cc1C. The van der Waals surface area contributed by atoms with Gasteiger partial charge in [-0.3, -0.25) is 0 Å². The normalized spacial score (nSPS) is 11.9. The summed E-state index contributed by atoms with van der Waals surface area (Å²) in [5, 5.41) is 9.75. The van der Waals surface area contributed by atoms with Crippen molar-refractivity contribution in [1.29, 1.82) is 0 Å². The Labute approximate surface area is 114 Å². The highest BCUT2D eigenvalue weighted by atomic mass is 16.5. The van der Waals surface area contributed by atoms with E-state index in [0.717, 1.165) is 22.4 Å². The van der Waals surface area contributed by atoms with E-state index in [0.29, 0.717) is 6.61 Å². The standard InChI is InChI=1S/C17H18O2/c1-3-17(18)16-10-9-15(11-13(16)2)19-12-14-7-5-4-6-8-14/h3-11,17-18H,1,12H2,2H3. The lowest BCUT2D eigenvalue weighted by molar-refractivity contribution is 0.228. The van der Waals surface area contributed by atoms with E-state index in [9.17, 15) is 5.11 Å². The van der Waals surface area contributed by atoms with E-state index in [2.05, 4.69) is 6.58 Å². The third kappa shape index (κ3) is 3.46. The number of ether oxygens (including phenoxy) is 1. The highest BCUT2D eigenvalue weighted by molar-refractivity contribution is 5.37. The largest absolute Gasteiger partial charge is 0.489 e. The molecule has 1 atom stereocenters. The molecule has 0 fully saturated rings. The minimum absolute atomic E-state index is 0.545. The topological polar surface area (TPSA) is 29.5 Å². The molecule has 19 heavy (non-hydrogen) atoms. The van der Waals surface area contributed by atoms with Crippen LogP contribution < -0.4 is 4.74 Å². The second kappa shape index (κ2) is 6.21. The van der Waals surface area contributed by atoms with E-state index in [-0.39, 0.29) is 0 Å². The van der Waals surface area contributed by atoms with Crippen molar-refractivity contribution in [3.8, 4) is 5.75 Å². The quantitative estimate of drug-likeness (QED) is 0.822. The van der Waals surface area contributed by atoms with Gasteiger partial charge in [-0.15, -0.1) is 6.58 Å². The number of benzene rings is 2. The van der Waals surface area contributed by atoms with Crippen LogP contribution >= 0.6 is 0 Å². The summed E-state index contributed by atoms with van der Waals surface area (Å²) in [5.74, 6) is 0.807. The fraction of sp³-hybridized carbons (Fsp3) is 0.176.